The van der Waals surface area contributed by atoms with Crippen molar-refractivity contribution in [2.24, 2.45) is 5.92 Å². The van der Waals surface area contributed by atoms with Crippen molar-refractivity contribution in [2.45, 2.75) is 19.4 Å². The molecule has 4 rings (SSSR count). The van der Waals surface area contributed by atoms with Gasteiger partial charge in [0.1, 0.15) is 5.82 Å². The summed E-state index contributed by atoms with van der Waals surface area (Å²) in [5, 5.41) is 3.61. The fraction of sp³-hybridized carbons (Fsp3) is 0.278. The number of hydrogen-bond donors (Lipinski definition) is 1. The van der Waals surface area contributed by atoms with Crippen LogP contribution < -0.4 is 5.32 Å². The van der Waals surface area contributed by atoms with Gasteiger partial charge in [0, 0.05) is 5.69 Å². The molecule has 2 unspecified atom stereocenters. The first kappa shape index (κ1) is 12.6. The molecule has 2 atom stereocenters. The fourth-order valence-electron chi connectivity index (χ4n) is 3.28. The number of para-hydroxylation sites is 3. The smallest absolute Gasteiger partial charge is 0.131 e. The fourth-order valence-corrected chi connectivity index (χ4v) is 3.28. The van der Waals surface area contributed by atoms with Crippen molar-refractivity contribution in [3.63, 3.8) is 0 Å². The lowest BCUT2D eigenvalue weighted by Gasteiger charge is -2.17. The first-order valence-electron chi connectivity index (χ1n) is 7.61. The zero-order valence-corrected chi connectivity index (χ0v) is 12.2. The van der Waals surface area contributed by atoms with Crippen molar-refractivity contribution < 1.29 is 0 Å². The largest absolute Gasteiger partial charge is 0.307 e. The Morgan fingerprint density at radius 2 is 1.81 bits per heavy atom. The number of nitrogens with one attached hydrogen (secondary N) is 1. The van der Waals surface area contributed by atoms with Crippen LogP contribution >= 0.6 is 0 Å². The monoisotopic (exact) mass is 277 g/mol. The summed E-state index contributed by atoms with van der Waals surface area (Å²) in [6.07, 6.45) is 1.21. The van der Waals surface area contributed by atoms with E-state index >= 15 is 0 Å². The van der Waals surface area contributed by atoms with Crippen LogP contribution in [0.1, 0.15) is 25.2 Å². The Bertz CT molecular complexity index is 760. The van der Waals surface area contributed by atoms with E-state index in [0.717, 1.165) is 17.9 Å². The van der Waals surface area contributed by atoms with Gasteiger partial charge < -0.3 is 5.32 Å². The molecule has 0 radical (unpaired) electrons. The Hall–Kier alpha value is -2.13. The molecule has 2 aromatic carbocycles. The predicted octanol–water partition coefficient (Wildman–Crippen LogP) is 3.70. The second kappa shape index (κ2) is 5.01. The van der Waals surface area contributed by atoms with Crippen LogP contribution in [0, 0.1) is 5.92 Å². The average Bonchev–Trinajstić information content (AvgIpc) is 3.11. The number of imidazole rings is 1. The molecule has 106 valence electrons. The third-order valence-electron chi connectivity index (χ3n) is 4.41. The lowest BCUT2D eigenvalue weighted by atomic mass is 10.0. The molecule has 21 heavy (non-hydrogen) atoms. The second-order valence-corrected chi connectivity index (χ2v) is 5.83. The summed E-state index contributed by atoms with van der Waals surface area (Å²) in [6, 6.07) is 19.2. The normalized spacial score (nSPS) is 22.0. The van der Waals surface area contributed by atoms with Crippen molar-refractivity contribution >= 4 is 11.0 Å². The molecule has 1 fully saturated rings. The number of aromatic nitrogens is 2. The lowest BCUT2D eigenvalue weighted by Crippen LogP contribution is -2.20. The van der Waals surface area contributed by atoms with E-state index in [-0.39, 0.29) is 0 Å². The summed E-state index contributed by atoms with van der Waals surface area (Å²) >= 11 is 0. The van der Waals surface area contributed by atoms with Crippen LogP contribution in [0.3, 0.4) is 0 Å². The molecule has 3 nitrogen and oxygen atoms in total. The van der Waals surface area contributed by atoms with E-state index in [4.69, 9.17) is 4.98 Å². The Morgan fingerprint density at radius 1 is 1.05 bits per heavy atom. The Labute approximate surface area is 124 Å². The molecule has 0 spiro atoms. The van der Waals surface area contributed by atoms with Crippen LogP contribution in [0.25, 0.3) is 16.7 Å². The molecule has 3 aromatic rings. The van der Waals surface area contributed by atoms with Crippen molar-refractivity contribution in [3.05, 3.63) is 60.4 Å². The predicted molar refractivity (Wildman–Crippen MR) is 85.6 cm³/mol. The third-order valence-corrected chi connectivity index (χ3v) is 4.41. The van der Waals surface area contributed by atoms with Crippen LogP contribution in [0.4, 0.5) is 0 Å². The topological polar surface area (TPSA) is 29.9 Å². The molecule has 0 aliphatic carbocycles. The first-order valence-corrected chi connectivity index (χ1v) is 7.61. The van der Waals surface area contributed by atoms with Gasteiger partial charge in [-0.1, -0.05) is 37.3 Å². The summed E-state index contributed by atoms with van der Waals surface area (Å²) in [7, 11) is 0. The molecular weight excluding hydrogens is 258 g/mol. The summed E-state index contributed by atoms with van der Waals surface area (Å²) in [6.45, 7) is 3.38. The summed E-state index contributed by atoms with van der Waals surface area (Å²) in [4.78, 5) is 4.92. The third kappa shape index (κ3) is 2.05. The van der Waals surface area contributed by atoms with Crippen molar-refractivity contribution in [2.75, 3.05) is 6.54 Å². The van der Waals surface area contributed by atoms with E-state index in [1.165, 1.54) is 17.6 Å². The van der Waals surface area contributed by atoms with E-state index < -0.39 is 0 Å². The van der Waals surface area contributed by atoms with E-state index in [1.807, 2.05) is 0 Å². The molecule has 0 amide bonds. The highest BCUT2D eigenvalue weighted by atomic mass is 15.1. The van der Waals surface area contributed by atoms with Crippen LogP contribution in [-0.4, -0.2) is 16.1 Å². The van der Waals surface area contributed by atoms with E-state index in [0.29, 0.717) is 12.0 Å². The van der Waals surface area contributed by atoms with E-state index in [9.17, 15) is 0 Å². The maximum absolute atomic E-state index is 4.92. The van der Waals surface area contributed by atoms with Crippen molar-refractivity contribution in [1.82, 2.24) is 14.9 Å². The van der Waals surface area contributed by atoms with Crippen LogP contribution in [0.2, 0.25) is 0 Å². The summed E-state index contributed by atoms with van der Waals surface area (Å²) in [5.74, 6) is 1.75. The number of nitrogens with zero attached hydrogens (tertiary/aromatic N) is 2. The molecule has 1 saturated heterocycles. The molecule has 1 aliphatic rings. The second-order valence-electron chi connectivity index (χ2n) is 5.83. The quantitative estimate of drug-likeness (QED) is 0.774. The highest BCUT2D eigenvalue weighted by molar-refractivity contribution is 5.78. The van der Waals surface area contributed by atoms with Gasteiger partial charge in [-0.25, -0.2) is 4.98 Å². The molecule has 1 aromatic heterocycles. The van der Waals surface area contributed by atoms with Gasteiger partial charge in [0.25, 0.3) is 0 Å². The van der Waals surface area contributed by atoms with Gasteiger partial charge in [-0.3, -0.25) is 4.57 Å². The molecule has 1 aliphatic heterocycles. The highest BCUT2D eigenvalue weighted by Gasteiger charge is 2.29. The number of benzene rings is 2. The standard InChI is InChI=1S/C18H19N3/c1-13-11-12-19-17(13)18-20-15-9-5-6-10-16(15)21(18)14-7-3-2-4-8-14/h2-10,13,17,19H,11-12H2,1H3. The highest BCUT2D eigenvalue weighted by Crippen LogP contribution is 2.32. The Balaban J connectivity index is 1.97. The summed E-state index contributed by atoms with van der Waals surface area (Å²) in [5.41, 5.74) is 3.43. The van der Waals surface area contributed by atoms with Crippen LogP contribution in [0.15, 0.2) is 54.6 Å². The van der Waals surface area contributed by atoms with Crippen molar-refractivity contribution in [1.29, 1.82) is 0 Å². The maximum Gasteiger partial charge on any atom is 0.131 e. The zero-order chi connectivity index (χ0) is 14.2. The molecule has 3 heteroatoms. The van der Waals surface area contributed by atoms with Gasteiger partial charge in [-0.2, -0.15) is 0 Å². The van der Waals surface area contributed by atoms with E-state index in [1.54, 1.807) is 0 Å². The Kier molecular flexibility index (Phi) is 3.00. The SMILES string of the molecule is CC1CCNC1c1nc2ccccc2n1-c1ccccc1. The lowest BCUT2D eigenvalue weighted by molar-refractivity contribution is 0.476. The zero-order valence-electron chi connectivity index (χ0n) is 12.2. The summed E-state index contributed by atoms with van der Waals surface area (Å²) < 4.78 is 2.30. The first-order chi connectivity index (χ1) is 10.3. The number of fused-ring (bicyclic) bond motifs is 1. The van der Waals surface area contributed by atoms with Gasteiger partial charge in [-0.15, -0.1) is 0 Å². The van der Waals surface area contributed by atoms with Crippen molar-refractivity contribution in [3.8, 4) is 5.69 Å². The van der Waals surface area contributed by atoms with Gasteiger partial charge in [0.2, 0.25) is 0 Å². The molecule has 0 bridgehead atoms. The number of hydrogen-bond acceptors (Lipinski definition) is 2. The van der Waals surface area contributed by atoms with E-state index in [2.05, 4.69) is 71.4 Å². The molecule has 1 N–H and O–H groups in total. The van der Waals surface area contributed by atoms with Gasteiger partial charge in [-0.05, 0) is 43.1 Å². The van der Waals surface area contributed by atoms with Gasteiger partial charge in [0.15, 0.2) is 0 Å². The van der Waals surface area contributed by atoms with Gasteiger partial charge >= 0.3 is 0 Å². The molecular formula is C18H19N3. The average molecular weight is 277 g/mol. The molecule has 2 heterocycles. The maximum atomic E-state index is 4.92. The van der Waals surface area contributed by atoms with Crippen LogP contribution in [-0.2, 0) is 0 Å². The van der Waals surface area contributed by atoms with Crippen LogP contribution in [0.5, 0.6) is 0 Å². The Morgan fingerprint density at radius 3 is 2.57 bits per heavy atom. The number of rotatable bonds is 2. The minimum Gasteiger partial charge on any atom is -0.307 e. The minimum absolute atomic E-state index is 0.331. The minimum atomic E-state index is 0.331. The molecule has 0 saturated carbocycles. The van der Waals surface area contributed by atoms with Gasteiger partial charge in [0.05, 0.1) is 17.1 Å².